The predicted octanol–water partition coefficient (Wildman–Crippen LogP) is 3.17. The fourth-order valence-electron chi connectivity index (χ4n) is 2.41. The van der Waals surface area contributed by atoms with Crippen molar-refractivity contribution in [1.82, 2.24) is 9.80 Å². The molecule has 1 aliphatic heterocycles. The van der Waals surface area contributed by atoms with Crippen molar-refractivity contribution >= 4 is 23.8 Å². The van der Waals surface area contributed by atoms with Crippen LogP contribution in [0.3, 0.4) is 0 Å². The molecule has 1 aromatic rings. The smallest absolute Gasteiger partial charge is 0.410 e. The second kappa shape index (κ2) is 7.92. The molecule has 1 aliphatic rings. The van der Waals surface area contributed by atoms with Crippen LogP contribution in [-0.4, -0.2) is 59.3 Å². The lowest BCUT2D eigenvalue weighted by molar-refractivity contribution is -0.130. The molecule has 0 unspecified atom stereocenters. The fraction of sp³-hybridized carbons (Fsp3) is 0.556. The SMILES string of the molecule is Cc1ccccc1SCC(=O)N1CCN(C(=O)OC(C)(C)C)CC1. The molecule has 0 spiro atoms. The van der Waals surface area contributed by atoms with Crippen LogP contribution in [0.15, 0.2) is 29.2 Å². The van der Waals surface area contributed by atoms with Gasteiger partial charge in [0.25, 0.3) is 0 Å². The number of carbonyl (C=O) groups is 2. The number of thioether (sulfide) groups is 1. The number of hydrogen-bond acceptors (Lipinski definition) is 4. The van der Waals surface area contributed by atoms with E-state index in [0.29, 0.717) is 31.9 Å². The molecule has 0 N–H and O–H groups in total. The molecule has 1 fully saturated rings. The maximum absolute atomic E-state index is 12.4. The summed E-state index contributed by atoms with van der Waals surface area (Å²) >= 11 is 1.57. The summed E-state index contributed by atoms with van der Waals surface area (Å²) in [5.74, 6) is 0.546. The zero-order valence-corrected chi connectivity index (χ0v) is 15.7. The summed E-state index contributed by atoms with van der Waals surface area (Å²) in [6.07, 6.45) is -0.302. The summed E-state index contributed by atoms with van der Waals surface area (Å²) < 4.78 is 5.37. The highest BCUT2D eigenvalue weighted by Crippen LogP contribution is 2.22. The number of hydrogen-bond donors (Lipinski definition) is 0. The highest BCUT2D eigenvalue weighted by Gasteiger charge is 2.27. The average Bonchev–Trinajstić information content (AvgIpc) is 2.52. The van der Waals surface area contributed by atoms with Gasteiger partial charge in [-0.15, -0.1) is 11.8 Å². The molecule has 24 heavy (non-hydrogen) atoms. The topological polar surface area (TPSA) is 49.9 Å². The van der Waals surface area contributed by atoms with Crippen LogP contribution < -0.4 is 0 Å². The van der Waals surface area contributed by atoms with Gasteiger partial charge in [-0.05, 0) is 39.3 Å². The molecular weight excluding hydrogens is 324 g/mol. The van der Waals surface area contributed by atoms with Crippen molar-refractivity contribution < 1.29 is 14.3 Å². The quantitative estimate of drug-likeness (QED) is 0.786. The van der Waals surface area contributed by atoms with Crippen LogP contribution in [0, 0.1) is 6.92 Å². The standard InChI is InChI=1S/C18H26N2O3S/c1-14-7-5-6-8-15(14)24-13-16(21)19-9-11-20(12-10-19)17(22)23-18(2,3)4/h5-8H,9-13H2,1-4H3. The Labute approximate surface area is 148 Å². The fourth-order valence-corrected chi connectivity index (χ4v) is 3.35. The van der Waals surface area contributed by atoms with Crippen LogP contribution in [0.2, 0.25) is 0 Å². The summed E-state index contributed by atoms with van der Waals surface area (Å²) in [5, 5.41) is 0. The first-order chi connectivity index (χ1) is 11.3. The largest absolute Gasteiger partial charge is 0.444 e. The van der Waals surface area contributed by atoms with Crippen molar-refractivity contribution in [3.8, 4) is 0 Å². The second-order valence-corrected chi connectivity index (χ2v) is 7.92. The Kier molecular flexibility index (Phi) is 6.15. The number of benzene rings is 1. The minimum Gasteiger partial charge on any atom is -0.444 e. The molecule has 1 saturated heterocycles. The Hall–Kier alpha value is -1.69. The van der Waals surface area contributed by atoms with Gasteiger partial charge in [0, 0.05) is 31.1 Å². The number of amides is 2. The van der Waals surface area contributed by atoms with Crippen LogP contribution in [0.5, 0.6) is 0 Å². The van der Waals surface area contributed by atoms with Gasteiger partial charge in [0.05, 0.1) is 5.75 Å². The zero-order valence-electron chi connectivity index (χ0n) is 14.9. The zero-order chi connectivity index (χ0) is 17.7. The molecule has 0 saturated carbocycles. The molecule has 6 heteroatoms. The van der Waals surface area contributed by atoms with Crippen LogP contribution >= 0.6 is 11.8 Å². The molecule has 2 rings (SSSR count). The van der Waals surface area contributed by atoms with Crippen molar-refractivity contribution in [2.75, 3.05) is 31.9 Å². The van der Waals surface area contributed by atoms with Crippen molar-refractivity contribution in [3.63, 3.8) is 0 Å². The Morgan fingerprint density at radius 3 is 2.25 bits per heavy atom. The van der Waals surface area contributed by atoms with Gasteiger partial charge in [0.15, 0.2) is 0 Å². The summed E-state index contributed by atoms with van der Waals surface area (Å²) in [7, 11) is 0. The van der Waals surface area contributed by atoms with E-state index in [4.69, 9.17) is 4.74 Å². The lowest BCUT2D eigenvalue weighted by Crippen LogP contribution is -2.52. The highest BCUT2D eigenvalue weighted by atomic mass is 32.2. The molecule has 0 aromatic heterocycles. The van der Waals surface area contributed by atoms with E-state index >= 15 is 0 Å². The molecule has 1 aromatic carbocycles. The Morgan fingerprint density at radius 1 is 1.08 bits per heavy atom. The number of aryl methyl sites for hydroxylation is 1. The summed E-state index contributed by atoms with van der Waals surface area (Å²) in [6.45, 7) is 9.78. The van der Waals surface area contributed by atoms with E-state index in [1.165, 1.54) is 5.56 Å². The molecule has 132 valence electrons. The first-order valence-corrected chi connectivity index (χ1v) is 9.19. The maximum Gasteiger partial charge on any atom is 0.410 e. The Bertz CT molecular complexity index is 590. The van der Waals surface area contributed by atoms with E-state index in [-0.39, 0.29) is 12.0 Å². The Balaban J connectivity index is 1.78. The minimum atomic E-state index is -0.492. The third-order valence-corrected chi connectivity index (χ3v) is 4.89. The normalized spacial score (nSPS) is 15.3. The molecule has 0 radical (unpaired) electrons. The third-order valence-electron chi connectivity index (χ3n) is 3.73. The van der Waals surface area contributed by atoms with Crippen molar-refractivity contribution in [2.45, 2.75) is 38.2 Å². The molecule has 1 heterocycles. The van der Waals surface area contributed by atoms with E-state index in [1.54, 1.807) is 16.7 Å². The summed E-state index contributed by atoms with van der Waals surface area (Å²) in [5.41, 5.74) is 0.693. The highest BCUT2D eigenvalue weighted by molar-refractivity contribution is 8.00. The van der Waals surface area contributed by atoms with Gasteiger partial charge in [-0.2, -0.15) is 0 Å². The lowest BCUT2D eigenvalue weighted by Gasteiger charge is -2.35. The Morgan fingerprint density at radius 2 is 1.67 bits per heavy atom. The molecular formula is C18H26N2O3S. The number of piperazine rings is 1. The minimum absolute atomic E-state index is 0.118. The second-order valence-electron chi connectivity index (χ2n) is 6.90. The third kappa shape index (κ3) is 5.44. The number of carbonyl (C=O) groups excluding carboxylic acids is 2. The maximum atomic E-state index is 12.4. The van der Waals surface area contributed by atoms with E-state index in [1.807, 2.05) is 56.9 Å². The van der Waals surface area contributed by atoms with Crippen LogP contribution in [0.1, 0.15) is 26.3 Å². The summed E-state index contributed by atoms with van der Waals surface area (Å²) in [4.78, 5) is 29.0. The average molecular weight is 350 g/mol. The molecule has 0 aliphatic carbocycles. The first-order valence-electron chi connectivity index (χ1n) is 8.20. The number of nitrogens with zero attached hydrogens (tertiary/aromatic N) is 2. The van der Waals surface area contributed by atoms with Gasteiger partial charge in [-0.1, -0.05) is 18.2 Å². The van der Waals surface area contributed by atoms with Gasteiger partial charge >= 0.3 is 6.09 Å². The van der Waals surface area contributed by atoms with Crippen molar-refractivity contribution in [3.05, 3.63) is 29.8 Å². The van der Waals surface area contributed by atoms with Gasteiger partial charge in [0.1, 0.15) is 5.60 Å². The molecule has 2 amide bonds. The van der Waals surface area contributed by atoms with E-state index in [0.717, 1.165) is 4.90 Å². The van der Waals surface area contributed by atoms with Crippen LogP contribution in [0.4, 0.5) is 4.79 Å². The van der Waals surface area contributed by atoms with Gasteiger partial charge in [-0.25, -0.2) is 4.79 Å². The molecule has 5 nitrogen and oxygen atoms in total. The van der Waals surface area contributed by atoms with Crippen LogP contribution in [-0.2, 0) is 9.53 Å². The summed E-state index contributed by atoms with van der Waals surface area (Å²) in [6, 6.07) is 8.07. The van der Waals surface area contributed by atoms with Crippen molar-refractivity contribution in [2.24, 2.45) is 0 Å². The van der Waals surface area contributed by atoms with E-state index in [9.17, 15) is 9.59 Å². The predicted molar refractivity (Wildman–Crippen MR) is 96.3 cm³/mol. The van der Waals surface area contributed by atoms with Gasteiger partial charge in [-0.3, -0.25) is 4.79 Å². The van der Waals surface area contributed by atoms with Gasteiger partial charge < -0.3 is 14.5 Å². The number of rotatable bonds is 3. The lowest BCUT2D eigenvalue weighted by atomic mass is 10.2. The molecule has 0 atom stereocenters. The van der Waals surface area contributed by atoms with Crippen molar-refractivity contribution in [1.29, 1.82) is 0 Å². The van der Waals surface area contributed by atoms with E-state index < -0.39 is 5.60 Å². The first kappa shape index (κ1) is 18.6. The van der Waals surface area contributed by atoms with Gasteiger partial charge in [0.2, 0.25) is 5.91 Å². The number of ether oxygens (including phenoxy) is 1. The monoisotopic (exact) mass is 350 g/mol. The van der Waals surface area contributed by atoms with Crippen LogP contribution in [0.25, 0.3) is 0 Å². The van der Waals surface area contributed by atoms with E-state index in [2.05, 4.69) is 0 Å². The molecule has 0 bridgehead atoms.